The van der Waals surface area contributed by atoms with Gasteiger partial charge in [0.2, 0.25) is 10.7 Å². The molecule has 4 rings (SSSR count). The molecule has 0 aromatic carbocycles. The largest absolute Gasteiger partial charge is 0.477 e. The second kappa shape index (κ2) is 6.46. The van der Waals surface area contributed by atoms with E-state index in [9.17, 15) is 14.7 Å². The van der Waals surface area contributed by atoms with E-state index in [1.807, 2.05) is 19.9 Å². The van der Waals surface area contributed by atoms with E-state index < -0.39 is 5.97 Å². The number of carboxylic acid groups (broad SMARTS) is 1. The van der Waals surface area contributed by atoms with E-state index in [0.717, 1.165) is 33.7 Å². The topological polar surface area (TPSA) is 113 Å². The number of hydrogen-bond acceptors (Lipinski definition) is 7. The molecule has 2 N–H and O–H groups in total. The molecule has 0 amide bonds. The van der Waals surface area contributed by atoms with Gasteiger partial charge in [0.15, 0.2) is 0 Å². The van der Waals surface area contributed by atoms with Gasteiger partial charge in [-0.3, -0.25) is 4.79 Å². The zero-order valence-electron chi connectivity index (χ0n) is 14.7. The van der Waals surface area contributed by atoms with Crippen LogP contribution in [0.2, 0.25) is 0 Å². The molecule has 4 aromatic heterocycles. The molecule has 0 saturated carbocycles. The molecule has 0 atom stereocenters. The summed E-state index contributed by atoms with van der Waals surface area (Å²) in [5.74, 6) is -0.00980. The number of aromatic amines is 1. The number of nitrogens with zero attached hydrogens (tertiary/aromatic N) is 4. The van der Waals surface area contributed by atoms with Crippen molar-refractivity contribution in [3.05, 3.63) is 49.9 Å². The number of thioether (sulfide) groups is 1. The number of fused-ring (bicyclic) bond motifs is 2. The maximum Gasteiger partial charge on any atom is 0.346 e. The van der Waals surface area contributed by atoms with Crippen LogP contribution in [0.1, 0.15) is 32.2 Å². The molecule has 0 aliphatic carbocycles. The van der Waals surface area contributed by atoms with Crippen LogP contribution in [0, 0.1) is 20.8 Å². The molecular weight excluding hydrogens is 386 g/mol. The quantitative estimate of drug-likeness (QED) is 0.505. The minimum atomic E-state index is -0.993. The fourth-order valence-electron chi connectivity index (χ4n) is 3.04. The summed E-state index contributed by atoms with van der Waals surface area (Å²) in [6.45, 7) is 5.60. The maximum atomic E-state index is 12.0. The van der Waals surface area contributed by atoms with Crippen LogP contribution in [-0.2, 0) is 5.75 Å². The average Bonchev–Trinajstić information content (AvgIpc) is 3.14. The maximum absolute atomic E-state index is 12.0. The number of hydrogen-bond donors (Lipinski definition) is 2. The molecule has 0 radical (unpaired) electrons. The van der Waals surface area contributed by atoms with Crippen LogP contribution in [0.5, 0.6) is 0 Å². The van der Waals surface area contributed by atoms with E-state index in [4.69, 9.17) is 0 Å². The van der Waals surface area contributed by atoms with Crippen molar-refractivity contribution in [3.8, 4) is 0 Å². The van der Waals surface area contributed by atoms with Crippen LogP contribution in [0.15, 0.2) is 22.1 Å². The van der Waals surface area contributed by atoms with Gasteiger partial charge < -0.3 is 10.1 Å². The molecule has 0 aliphatic rings. The normalized spacial score (nSPS) is 11.5. The first-order valence-electron chi connectivity index (χ1n) is 8.06. The first-order valence-corrected chi connectivity index (χ1v) is 9.86. The van der Waals surface area contributed by atoms with Gasteiger partial charge in [-0.2, -0.15) is 4.98 Å². The van der Waals surface area contributed by atoms with Gasteiger partial charge in [0.25, 0.3) is 5.78 Å². The van der Waals surface area contributed by atoms with Crippen LogP contribution in [-0.4, -0.2) is 35.6 Å². The second-order valence-corrected chi connectivity index (χ2v) is 8.12. The highest BCUT2D eigenvalue weighted by Gasteiger charge is 2.18. The number of thiophene rings is 1. The molecule has 10 heteroatoms. The van der Waals surface area contributed by atoms with E-state index >= 15 is 0 Å². The lowest BCUT2D eigenvalue weighted by Gasteiger charge is -2.02. The van der Waals surface area contributed by atoms with Gasteiger partial charge in [0.1, 0.15) is 9.71 Å². The van der Waals surface area contributed by atoms with Gasteiger partial charge >= 0.3 is 5.97 Å². The highest BCUT2D eigenvalue weighted by atomic mass is 32.2. The number of aromatic nitrogens is 5. The predicted octanol–water partition coefficient (Wildman–Crippen LogP) is 2.94. The Labute approximate surface area is 161 Å². The lowest BCUT2D eigenvalue weighted by Crippen LogP contribution is -2.05. The molecule has 0 unspecified atom stereocenters. The molecule has 138 valence electrons. The van der Waals surface area contributed by atoms with Gasteiger partial charge in [-0.05, 0) is 38.0 Å². The van der Waals surface area contributed by atoms with Crippen molar-refractivity contribution < 1.29 is 9.90 Å². The Morgan fingerprint density at radius 1 is 1.30 bits per heavy atom. The number of carbonyl (C=O) groups is 1. The van der Waals surface area contributed by atoms with Crippen molar-refractivity contribution in [1.82, 2.24) is 24.6 Å². The molecule has 0 aliphatic heterocycles. The molecule has 0 fully saturated rings. The smallest absolute Gasteiger partial charge is 0.346 e. The first kappa shape index (κ1) is 17.7. The van der Waals surface area contributed by atoms with Gasteiger partial charge in [-0.1, -0.05) is 11.8 Å². The number of rotatable bonds is 4. The Morgan fingerprint density at radius 3 is 2.81 bits per heavy atom. The standard InChI is InChI=1S/C17H15N5O3S2/c1-7-4-8(2)22-16(18-7)20-17(21-22)26-6-10-5-11(23)19-14-12(10)9(3)13(27-14)15(24)25/h4-5H,6H2,1-3H3,(H,19,23)(H,24,25). The Bertz CT molecular complexity index is 1270. The average molecular weight is 401 g/mol. The van der Waals surface area contributed by atoms with Crippen LogP contribution in [0.4, 0.5) is 0 Å². The summed E-state index contributed by atoms with van der Waals surface area (Å²) >= 11 is 2.46. The second-order valence-electron chi connectivity index (χ2n) is 6.16. The van der Waals surface area contributed by atoms with Crippen LogP contribution >= 0.6 is 23.1 Å². The Morgan fingerprint density at radius 2 is 2.07 bits per heavy atom. The number of aromatic carboxylic acids is 1. The highest BCUT2D eigenvalue weighted by Crippen LogP contribution is 2.33. The lowest BCUT2D eigenvalue weighted by atomic mass is 10.1. The summed E-state index contributed by atoms with van der Waals surface area (Å²) < 4.78 is 1.68. The number of pyridine rings is 1. The monoisotopic (exact) mass is 401 g/mol. The molecule has 0 bridgehead atoms. The van der Waals surface area contributed by atoms with Crippen LogP contribution in [0.3, 0.4) is 0 Å². The number of aryl methyl sites for hydroxylation is 3. The van der Waals surface area contributed by atoms with Gasteiger partial charge in [-0.15, -0.1) is 16.4 Å². The zero-order chi connectivity index (χ0) is 19.3. The molecule has 0 saturated heterocycles. The minimum absolute atomic E-state index is 0.235. The first-order chi connectivity index (χ1) is 12.8. The Balaban J connectivity index is 1.73. The summed E-state index contributed by atoms with van der Waals surface area (Å²) in [6, 6.07) is 3.43. The molecular formula is C17H15N5O3S2. The van der Waals surface area contributed by atoms with Crippen LogP contribution in [0.25, 0.3) is 16.0 Å². The van der Waals surface area contributed by atoms with Crippen LogP contribution < -0.4 is 5.56 Å². The van der Waals surface area contributed by atoms with E-state index in [0.29, 0.717) is 27.1 Å². The van der Waals surface area contributed by atoms with Crippen molar-refractivity contribution in [2.24, 2.45) is 0 Å². The van der Waals surface area contributed by atoms with Crippen molar-refractivity contribution in [3.63, 3.8) is 0 Å². The van der Waals surface area contributed by atoms with Gasteiger partial charge in [0, 0.05) is 28.6 Å². The Kier molecular flexibility index (Phi) is 4.23. The SMILES string of the molecule is Cc1cc(C)n2nc(SCc3cc(=O)[nH]c4sc(C(=O)O)c(C)c34)nc2n1. The van der Waals surface area contributed by atoms with Gasteiger partial charge in [0.05, 0.1) is 0 Å². The van der Waals surface area contributed by atoms with Crippen molar-refractivity contribution >= 4 is 45.1 Å². The minimum Gasteiger partial charge on any atom is -0.477 e. The van der Waals surface area contributed by atoms with Crippen molar-refractivity contribution in [2.45, 2.75) is 31.7 Å². The third-order valence-electron chi connectivity index (χ3n) is 4.16. The fourth-order valence-corrected chi connectivity index (χ4v) is 4.92. The zero-order valence-corrected chi connectivity index (χ0v) is 16.4. The highest BCUT2D eigenvalue weighted by molar-refractivity contribution is 7.98. The summed E-state index contributed by atoms with van der Waals surface area (Å²) in [5, 5.41) is 15.1. The lowest BCUT2D eigenvalue weighted by molar-refractivity contribution is 0.0701. The summed E-state index contributed by atoms with van der Waals surface area (Å²) in [6.07, 6.45) is 0. The molecule has 4 aromatic rings. The van der Waals surface area contributed by atoms with Gasteiger partial charge in [-0.25, -0.2) is 14.3 Å². The Hall–Kier alpha value is -2.72. The molecule has 8 nitrogen and oxygen atoms in total. The molecule has 0 spiro atoms. The summed E-state index contributed by atoms with van der Waals surface area (Å²) in [7, 11) is 0. The number of H-pyrrole nitrogens is 1. The van der Waals surface area contributed by atoms with E-state index in [1.165, 1.54) is 17.8 Å². The third kappa shape index (κ3) is 3.10. The molecule has 4 heterocycles. The third-order valence-corrected chi connectivity index (χ3v) is 6.24. The van der Waals surface area contributed by atoms with E-state index in [2.05, 4.69) is 20.1 Å². The number of carboxylic acids is 1. The van der Waals surface area contributed by atoms with E-state index in [1.54, 1.807) is 11.4 Å². The van der Waals surface area contributed by atoms with Crippen molar-refractivity contribution in [2.75, 3.05) is 0 Å². The fraction of sp³-hybridized carbons (Fsp3) is 0.235. The van der Waals surface area contributed by atoms with E-state index in [-0.39, 0.29) is 10.4 Å². The summed E-state index contributed by atoms with van der Waals surface area (Å²) in [4.78, 5) is 35.7. The van der Waals surface area contributed by atoms with Crippen molar-refractivity contribution in [1.29, 1.82) is 0 Å². The number of nitrogens with one attached hydrogen (secondary N) is 1. The summed E-state index contributed by atoms with van der Waals surface area (Å²) in [5.41, 5.74) is 2.98. The molecule has 27 heavy (non-hydrogen) atoms. The predicted molar refractivity (Wildman–Crippen MR) is 104 cm³/mol.